The van der Waals surface area contributed by atoms with Crippen molar-refractivity contribution in [2.24, 2.45) is 0 Å². The Morgan fingerprint density at radius 1 is 0.867 bits per heavy atom. The summed E-state index contributed by atoms with van der Waals surface area (Å²) >= 11 is 1.00. The number of fused-ring (bicyclic) bond motifs is 1. The van der Waals surface area contributed by atoms with Gasteiger partial charge in [-0.05, 0) is 68.6 Å². The lowest BCUT2D eigenvalue weighted by atomic mass is 9.99. The summed E-state index contributed by atoms with van der Waals surface area (Å²) in [5, 5.41) is -0.188. The number of rotatable bonds is 3. The van der Waals surface area contributed by atoms with E-state index >= 15 is 0 Å². The molecule has 0 spiro atoms. The van der Waals surface area contributed by atoms with E-state index in [1.54, 1.807) is 11.6 Å². The smallest absolute Gasteiger partial charge is 0.293 e. The van der Waals surface area contributed by atoms with Crippen molar-refractivity contribution in [3.05, 3.63) is 76.2 Å². The lowest BCUT2D eigenvalue weighted by Gasteiger charge is -2.31. The lowest BCUT2D eigenvalue weighted by Crippen LogP contribution is -2.35. The van der Waals surface area contributed by atoms with Crippen LogP contribution in [0.3, 0.4) is 0 Å². The van der Waals surface area contributed by atoms with Crippen LogP contribution >= 0.6 is 11.8 Å². The van der Waals surface area contributed by atoms with Gasteiger partial charge in [-0.25, -0.2) is 0 Å². The number of hydrogen-bond acceptors (Lipinski definition) is 4. The first-order valence-corrected chi connectivity index (χ1v) is 11.3. The van der Waals surface area contributed by atoms with Gasteiger partial charge in [0.25, 0.3) is 11.1 Å². The number of hydrogen-bond donors (Lipinski definition) is 0. The van der Waals surface area contributed by atoms with Crippen LogP contribution in [-0.2, 0) is 17.8 Å². The molecule has 0 aromatic heterocycles. The van der Waals surface area contributed by atoms with Gasteiger partial charge >= 0.3 is 0 Å². The molecule has 158 valence electrons. The Bertz CT molecular complexity index is 922. The van der Waals surface area contributed by atoms with Gasteiger partial charge in [0.1, 0.15) is 0 Å². The molecule has 1 fully saturated rings. The van der Waals surface area contributed by atoms with Gasteiger partial charge in [-0.3, -0.25) is 19.4 Å². The molecule has 2 heterocycles. The Morgan fingerprint density at radius 2 is 1.50 bits per heavy atom. The zero-order valence-corrected chi connectivity index (χ0v) is 19.0. The molecule has 30 heavy (non-hydrogen) atoms. The number of imide groups is 1. The van der Waals surface area contributed by atoms with E-state index in [2.05, 4.69) is 43.0 Å². The van der Waals surface area contributed by atoms with Gasteiger partial charge < -0.3 is 0 Å². The van der Waals surface area contributed by atoms with E-state index in [0.29, 0.717) is 10.9 Å². The first-order valence-electron chi connectivity index (χ1n) is 10.5. The fourth-order valence-electron chi connectivity index (χ4n) is 3.58. The minimum atomic E-state index is -0.196. The molecule has 2 aliphatic rings. The highest BCUT2D eigenvalue weighted by atomic mass is 32.2. The Labute approximate surface area is 184 Å². The Balaban J connectivity index is 0.000000177. The molecule has 2 aliphatic heterocycles. The average Bonchev–Trinajstić information content (AvgIpc) is 3.02. The van der Waals surface area contributed by atoms with E-state index in [1.165, 1.54) is 23.4 Å². The van der Waals surface area contributed by atoms with Crippen molar-refractivity contribution < 1.29 is 9.59 Å². The van der Waals surface area contributed by atoms with Crippen molar-refractivity contribution in [2.45, 2.75) is 52.7 Å². The second-order valence-electron chi connectivity index (χ2n) is 8.14. The molecule has 4 nitrogen and oxygen atoms in total. The molecule has 0 aliphatic carbocycles. The summed E-state index contributed by atoms with van der Waals surface area (Å²) in [4.78, 5) is 27.9. The van der Waals surface area contributed by atoms with Crippen molar-refractivity contribution in [3.63, 3.8) is 0 Å². The van der Waals surface area contributed by atoms with Gasteiger partial charge in [-0.15, -0.1) is 0 Å². The van der Waals surface area contributed by atoms with E-state index in [-0.39, 0.29) is 17.2 Å². The zero-order chi connectivity index (χ0) is 21.7. The lowest BCUT2D eigenvalue weighted by molar-refractivity contribution is -0.123. The molecule has 5 heteroatoms. The monoisotopic (exact) mass is 422 g/mol. The second-order valence-corrected chi connectivity index (χ2v) is 9.13. The number of benzene rings is 2. The van der Waals surface area contributed by atoms with Crippen LogP contribution in [-0.4, -0.2) is 39.6 Å². The third-order valence-corrected chi connectivity index (χ3v) is 6.21. The Morgan fingerprint density at radius 3 is 2.10 bits per heavy atom. The molecule has 0 N–H and O–H groups in total. The van der Waals surface area contributed by atoms with Gasteiger partial charge in [0.05, 0.1) is 4.91 Å². The van der Waals surface area contributed by atoms with Crippen molar-refractivity contribution in [3.8, 4) is 0 Å². The first kappa shape index (κ1) is 22.3. The second kappa shape index (κ2) is 10.1. The summed E-state index contributed by atoms with van der Waals surface area (Å²) in [6, 6.07) is 18.9. The summed E-state index contributed by atoms with van der Waals surface area (Å²) in [5.74, 6) is -0.196. The number of nitrogens with zero attached hydrogens (tertiary/aromatic N) is 2. The van der Waals surface area contributed by atoms with Crippen molar-refractivity contribution >= 4 is 29.0 Å². The summed E-state index contributed by atoms with van der Waals surface area (Å²) in [6.45, 7) is 10.6. The molecule has 0 radical (unpaired) electrons. The van der Waals surface area contributed by atoms with Crippen LogP contribution in [0.5, 0.6) is 0 Å². The van der Waals surface area contributed by atoms with Crippen LogP contribution < -0.4 is 0 Å². The van der Waals surface area contributed by atoms with E-state index in [4.69, 9.17) is 0 Å². The molecule has 0 saturated carbocycles. The average molecular weight is 423 g/mol. The fourth-order valence-corrected chi connectivity index (χ4v) is 4.54. The minimum Gasteiger partial charge on any atom is -0.296 e. The molecule has 0 atom stereocenters. The molecular weight excluding hydrogens is 392 g/mol. The SMILES string of the molecule is CC(C)N1C(=O)S/C(=C/c2ccccc2)C1=O.CC(C)N1CCc2ccccc2C1. The highest BCUT2D eigenvalue weighted by molar-refractivity contribution is 8.18. The topological polar surface area (TPSA) is 40.6 Å². The first-order chi connectivity index (χ1) is 14.4. The fraction of sp³-hybridized carbons (Fsp3) is 0.360. The molecule has 0 unspecified atom stereocenters. The quantitative estimate of drug-likeness (QED) is 0.605. The maximum Gasteiger partial charge on any atom is 0.293 e. The van der Waals surface area contributed by atoms with Crippen molar-refractivity contribution in [2.75, 3.05) is 6.54 Å². The highest BCUT2D eigenvalue weighted by Gasteiger charge is 2.36. The van der Waals surface area contributed by atoms with Crippen LogP contribution in [0, 0.1) is 0 Å². The van der Waals surface area contributed by atoms with Gasteiger partial charge in [0.15, 0.2) is 0 Å². The predicted molar refractivity (Wildman–Crippen MR) is 125 cm³/mol. The van der Waals surface area contributed by atoms with Gasteiger partial charge in [0.2, 0.25) is 0 Å². The van der Waals surface area contributed by atoms with Gasteiger partial charge in [-0.2, -0.15) is 0 Å². The van der Waals surface area contributed by atoms with E-state index < -0.39 is 0 Å². The number of carbonyl (C=O) groups is 2. The van der Waals surface area contributed by atoms with Crippen LogP contribution in [0.2, 0.25) is 0 Å². The standard InChI is InChI=1S/C13H13NO2S.C12H17N/c1-9(2)14-12(15)11(17-13(14)16)8-10-6-4-3-5-7-10;1-10(2)13-8-7-11-5-3-4-6-12(11)9-13/h3-9H,1-2H3;3-6,10H,7-9H2,1-2H3/b11-8+;. The molecule has 2 amide bonds. The molecule has 2 aromatic carbocycles. The summed E-state index contributed by atoms with van der Waals surface area (Å²) in [6.07, 6.45) is 2.97. The van der Waals surface area contributed by atoms with E-state index in [9.17, 15) is 9.59 Å². The van der Waals surface area contributed by atoms with Gasteiger partial charge in [-0.1, -0.05) is 54.6 Å². The number of amides is 2. The van der Waals surface area contributed by atoms with Gasteiger partial charge in [0, 0.05) is 25.2 Å². The minimum absolute atomic E-state index is 0.0934. The normalized spacial score (nSPS) is 18.1. The maximum absolute atomic E-state index is 12.0. The molecule has 1 saturated heterocycles. The summed E-state index contributed by atoms with van der Waals surface area (Å²) in [7, 11) is 0. The van der Waals surface area contributed by atoms with Crippen molar-refractivity contribution in [1.29, 1.82) is 0 Å². The molecule has 4 rings (SSSR count). The molecular formula is C25H30N2O2S. The predicted octanol–water partition coefficient (Wildman–Crippen LogP) is 5.58. The largest absolute Gasteiger partial charge is 0.296 e. The third-order valence-electron chi connectivity index (χ3n) is 5.33. The van der Waals surface area contributed by atoms with E-state index in [1.807, 2.05) is 44.2 Å². The Hall–Kier alpha value is -2.37. The summed E-state index contributed by atoms with van der Waals surface area (Å²) < 4.78 is 0. The van der Waals surface area contributed by atoms with Crippen LogP contribution in [0.25, 0.3) is 6.08 Å². The van der Waals surface area contributed by atoms with E-state index in [0.717, 1.165) is 23.9 Å². The Kier molecular flexibility index (Phi) is 7.51. The number of carbonyl (C=O) groups excluding carboxylic acids is 2. The third kappa shape index (κ3) is 5.41. The highest BCUT2D eigenvalue weighted by Crippen LogP contribution is 2.33. The maximum atomic E-state index is 12.0. The zero-order valence-electron chi connectivity index (χ0n) is 18.2. The summed E-state index contributed by atoms with van der Waals surface area (Å²) in [5.41, 5.74) is 3.99. The van der Waals surface area contributed by atoms with Crippen LogP contribution in [0.1, 0.15) is 44.4 Å². The molecule has 0 bridgehead atoms. The molecule has 2 aromatic rings. The number of thioether (sulfide) groups is 1. The van der Waals surface area contributed by atoms with Crippen LogP contribution in [0.4, 0.5) is 4.79 Å². The van der Waals surface area contributed by atoms with Crippen molar-refractivity contribution in [1.82, 2.24) is 9.80 Å². The van der Waals surface area contributed by atoms with Crippen LogP contribution in [0.15, 0.2) is 59.5 Å².